The summed E-state index contributed by atoms with van der Waals surface area (Å²) in [7, 11) is 0. The van der Waals surface area contributed by atoms with Gasteiger partial charge >= 0.3 is 6.09 Å². The van der Waals surface area contributed by atoms with E-state index in [1.165, 1.54) is 0 Å². The summed E-state index contributed by atoms with van der Waals surface area (Å²) in [5.74, 6) is 1.02. The van der Waals surface area contributed by atoms with Crippen molar-refractivity contribution in [3.63, 3.8) is 0 Å². The molecule has 2 rings (SSSR count). The van der Waals surface area contributed by atoms with Gasteiger partial charge in [-0.2, -0.15) is 0 Å². The minimum atomic E-state index is -0.449. The van der Waals surface area contributed by atoms with Crippen molar-refractivity contribution in [1.82, 2.24) is 4.90 Å². The van der Waals surface area contributed by atoms with Gasteiger partial charge in [0.05, 0.1) is 0 Å². The lowest BCUT2D eigenvalue weighted by molar-refractivity contribution is -0.0136. The number of rotatable bonds is 2. The third kappa shape index (κ3) is 3.42. The molecule has 1 amide bonds. The molecular weight excluding hydrogens is 276 g/mol. The fourth-order valence-electron chi connectivity index (χ4n) is 4.25. The normalized spacial score (nSPS) is 33.5. The summed E-state index contributed by atoms with van der Waals surface area (Å²) in [4.78, 5) is 14.7. The number of nitrogens with zero attached hydrogens (tertiary/aromatic N) is 1. The number of hydrogen-bond acceptors (Lipinski definition) is 3. The zero-order valence-electron chi connectivity index (χ0n) is 15.4. The van der Waals surface area contributed by atoms with E-state index in [1.807, 2.05) is 25.7 Å². The van der Waals surface area contributed by atoms with Crippen LogP contribution < -0.4 is 5.73 Å². The average Bonchev–Trinajstić information content (AvgIpc) is 2.87. The highest BCUT2D eigenvalue weighted by Crippen LogP contribution is 2.61. The maximum Gasteiger partial charge on any atom is 0.410 e. The summed E-state index contributed by atoms with van der Waals surface area (Å²) in [5.41, 5.74) is 5.89. The zero-order valence-corrected chi connectivity index (χ0v) is 15.4. The molecule has 1 saturated heterocycles. The lowest BCUT2D eigenvalue weighted by Gasteiger charge is -2.44. The van der Waals surface area contributed by atoms with Crippen LogP contribution in [-0.4, -0.2) is 35.7 Å². The summed E-state index contributed by atoms with van der Waals surface area (Å²) < 4.78 is 5.67. The maximum absolute atomic E-state index is 12.7. The molecule has 128 valence electrons. The SMILES string of the molecule is CC1(C)CCC([C@H]2[C@H](CN)C2(C)C)N(C(=O)OC(C)(C)C)C1. The number of carbonyl (C=O) groups is 1. The van der Waals surface area contributed by atoms with E-state index >= 15 is 0 Å². The fourth-order valence-corrected chi connectivity index (χ4v) is 4.25. The molecule has 2 N–H and O–H groups in total. The van der Waals surface area contributed by atoms with Crippen molar-refractivity contribution in [2.45, 2.75) is 73.0 Å². The Labute approximate surface area is 135 Å². The van der Waals surface area contributed by atoms with Crippen molar-refractivity contribution < 1.29 is 9.53 Å². The predicted octanol–water partition coefficient (Wildman–Crippen LogP) is 3.64. The zero-order chi connectivity index (χ0) is 16.9. The first-order chi connectivity index (χ1) is 9.89. The predicted molar refractivity (Wildman–Crippen MR) is 89.6 cm³/mol. The monoisotopic (exact) mass is 310 g/mol. The van der Waals surface area contributed by atoms with Gasteiger partial charge in [0, 0.05) is 12.6 Å². The summed E-state index contributed by atoms with van der Waals surface area (Å²) in [6.45, 7) is 16.3. The van der Waals surface area contributed by atoms with E-state index in [-0.39, 0.29) is 23.0 Å². The van der Waals surface area contributed by atoms with Crippen LogP contribution in [0.25, 0.3) is 0 Å². The molecular formula is C18H34N2O2. The van der Waals surface area contributed by atoms with Crippen LogP contribution in [0.3, 0.4) is 0 Å². The van der Waals surface area contributed by atoms with E-state index in [4.69, 9.17) is 10.5 Å². The Hall–Kier alpha value is -0.770. The summed E-state index contributed by atoms with van der Waals surface area (Å²) in [5, 5.41) is 0. The van der Waals surface area contributed by atoms with Crippen molar-refractivity contribution >= 4 is 6.09 Å². The quantitative estimate of drug-likeness (QED) is 0.847. The van der Waals surface area contributed by atoms with E-state index in [2.05, 4.69) is 27.7 Å². The van der Waals surface area contributed by atoms with Gasteiger partial charge < -0.3 is 15.4 Å². The second-order valence-electron chi connectivity index (χ2n) is 9.57. The van der Waals surface area contributed by atoms with Crippen molar-refractivity contribution in [1.29, 1.82) is 0 Å². The number of nitrogens with two attached hydrogens (primary N) is 1. The van der Waals surface area contributed by atoms with Crippen molar-refractivity contribution in [2.75, 3.05) is 13.1 Å². The second kappa shape index (κ2) is 5.40. The molecule has 4 nitrogen and oxygen atoms in total. The van der Waals surface area contributed by atoms with Crippen LogP contribution in [0, 0.1) is 22.7 Å². The van der Waals surface area contributed by atoms with Crippen LogP contribution >= 0.6 is 0 Å². The molecule has 0 aromatic carbocycles. The van der Waals surface area contributed by atoms with Crippen LogP contribution in [-0.2, 0) is 4.74 Å². The van der Waals surface area contributed by atoms with Gasteiger partial charge in [0.1, 0.15) is 5.60 Å². The number of piperidine rings is 1. The summed E-state index contributed by atoms with van der Waals surface area (Å²) in [6, 6.07) is 0.270. The van der Waals surface area contributed by atoms with E-state index in [0.717, 1.165) is 19.4 Å². The van der Waals surface area contributed by atoms with Crippen molar-refractivity contribution in [2.24, 2.45) is 28.4 Å². The minimum absolute atomic E-state index is 0.157. The highest BCUT2D eigenvalue weighted by molar-refractivity contribution is 5.69. The Morgan fingerprint density at radius 3 is 2.32 bits per heavy atom. The van der Waals surface area contributed by atoms with E-state index in [0.29, 0.717) is 18.4 Å². The van der Waals surface area contributed by atoms with Crippen LogP contribution in [0.15, 0.2) is 0 Å². The summed E-state index contributed by atoms with van der Waals surface area (Å²) >= 11 is 0. The standard InChI is InChI=1S/C18H34N2O2/c1-16(2,3)22-15(21)20-11-17(4,5)9-8-13(20)14-12(10-19)18(14,6)7/h12-14H,8-11,19H2,1-7H3/t12-,13?,14+/m0/s1. The van der Waals surface area contributed by atoms with Crippen LogP contribution in [0.4, 0.5) is 4.79 Å². The Morgan fingerprint density at radius 1 is 1.27 bits per heavy atom. The number of ether oxygens (including phenoxy) is 1. The van der Waals surface area contributed by atoms with Crippen molar-refractivity contribution in [3.05, 3.63) is 0 Å². The van der Waals surface area contributed by atoms with Gasteiger partial charge in [-0.05, 0) is 62.8 Å². The van der Waals surface area contributed by atoms with Gasteiger partial charge in [-0.3, -0.25) is 0 Å². The number of amides is 1. The Bertz CT molecular complexity index is 437. The molecule has 1 aliphatic heterocycles. The molecule has 1 aliphatic carbocycles. The fraction of sp³-hybridized carbons (Fsp3) is 0.944. The molecule has 0 aromatic heterocycles. The lowest BCUT2D eigenvalue weighted by atomic mass is 9.79. The molecule has 0 radical (unpaired) electrons. The second-order valence-corrected chi connectivity index (χ2v) is 9.57. The number of carbonyl (C=O) groups excluding carboxylic acids is 1. The van der Waals surface area contributed by atoms with Crippen LogP contribution in [0.2, 0.25) is 0 Å². The molecule has 1 saturated carbocycles. The molecule has 2 fully saturated rings. The molecule has 0 aromatic rings. The van der Waals surface area contributed by atoms with Gasteiger partial charge in [0.25, 0.3) is 0 Å². The van der Waals surface area contributed by atoms with Crippen LogP contribution in [0.1, 0.15) is 61.3 Å². The van der Waals surface area contributed by atoms with Crippen molar-refractivity contribution in [3.8, 4) is 0 Å². The average molecular weight is 310 g/mol. The molecule has 3 atom stereocenters. The molecule has 2 aliphatic rings. The first-order valence-corrected chi connectivity index (χ1v) is 8.59. The molecule has 0 bridgehead atoms. The highest BCUT2D eigenvalue weighted by Gasteiger charge is 2.62. The van der Waals surface area contributed by atoms with Gasteiger partial charge in [-0.1, -0.05) is 27.7 Å². The number of likely N-dealkylation sites (tertiary alicyclic amines) is 1. The minimum Gasteiger partial charge on any atom is -0.444 e. The Morgan fingerprint density at radius 2 is 1.86 bits per heavy atom. The molecule has 4 heteroatoms. The van der Waals surface area contributed by atoms with Crippen LogP contribution in [0.5, 0.6) is 0 Å². The Balaban J connectivity index is 2.19. The third-order valence-corrected chi connectivity index (χ3v) is 5.55. The van der Waals surface area contributed by atoms with E-state index in [1.54, 1.807) is 0 Å². The lowest BCUT2D eigenvalue weighted by Crippen LogP contribution is -2.52. The first kappa shape index (κ1) is 17.6. The Kier molecular flexibility index (Phi) is 4.31. The molecule has 0 spiro atoms. The van der Waals surface area contributed by atoms with E-state index in [9.17, 15) is 4.79 Å². The summed E-state index contributed by atoms with van der Waals surface area (Å²) in [6.07, 6.45) is 2.04. The first-order valence-electron chi connectivity index (χ1n) is 8.59. The highest BCUT2D eigenvalue weighted by atomic mass is 16.6. The largest absolute Gasteiger partial charge is 0.444 e. The van der Waals surface area contributed by atoms with E-state index < -0.39 is 5.60 Å². The van der Waals surface area contributed by atoms with Gasteiger partial charge in [-0.15, -0.1) is 0 Å². The van der Waals surface area contributed by atoms with Gasteiger partial charge in [0.2, 0.25) is 0 Å². The topological polar surface area (TPSA) is 55.6 Å². The number of hydrogen-bond donors (Lipinski definition) is 1. The van der Waals surface area contributed by atoms with Gasteiger partial charge in [0.15, 0.2) is 0 Å². The molecule has 1 unspecified atom stereocenters. The van der Waals surface area contributed by atoms with Gasteiger partial charge in [-0.25, -0.2) is 4.79 Å². The smallest absolute Gasteiger partial charge is 0.410 e. The molecule has 22 heavy (non-hydrogen) atoms. The third-order valence-electron chi connectivity index (χ3n) is 5.55. The molecule has 1 heterocycles. The maximum atomic E-state index is 12.7.